The maximum Gasteiger partial charge on any atom is 0.260 e. The van der Waals surface area contributed by atoms with Crippen LogP contribution in [0.2, 0.25) is 0 Å². The molecule has 0 aromatic rings. The molecule has 2 atom stereocenters. The summed E-state index contributed by atoms with van der Waals surface area (Å²) in [6.45, 7) is 0. The fourth-order valence-corrected chi connectivity index (χ4v) is 3.26. The van der Waals surface area contributed by atoms with Crippen molar-refractivity contribution in [3.63, 3.8) is 0 Å². The van der Waals surface area contributed by atoms with Crippen molar-refractivity contribution in [1.82, 2.24) is 4.90 Å². The van der Waals surface area contributed by atoms with Crippen molar-refractivity contribution in [3.8, 4) is 0 Å². The summed E-state index contributed by atoms with van der Waals surface area (Å²) in [6, 6.07) is 0. The fraction of sp³-hybridized carbons (Fsp3) is 0.571. The van der Waals surface area contributed by atoms with Gasteiger partial charge in [0.2, 0.25) is 0 Å². The summed E-state index contributed by atoms with van der Waals surface area (Å²) < 4.78 is 27.7. The normalized spacial score (nSPS) is 35.5. The van der Waals surface area contributed by atoms with Gasteiger partial charge in [-0.3, -0.25) is 9.69 Å². The summed E-state index contributed by atoms with van der Waals surface area (Å²) in [7, 11) is -1.88. The number of hydrogen-bond acceptors (Lipinski definition) is 4. The summed E-state index contributed by atoms with van der Waals surface area (Å²) >= 11 is 0. The number of rotatable bonds is 1. The predicted molar refractivity (Wildman–Crippen MR) is 44.4 cm³/mol. The van der Waals surface area contributed by atoms with Crippen LogP contribution in [0, 0.1) is 0 Å². The zero-order chi connectivity index (χ0) is 9.64. The minimum Gasteiger partial charge on any atom is -0.368 e. The number of β-lactam (4-membered cyclic amide) rings is 1. The van der Waals surface area contributed by atoms with E-state index < -0.39 is 21.3 Å². The first kappa shape index (κ1) is 8.71. The van der Waals surface area contributed by atoms with E-state index >= 15 is 0 Å². The van der Waals surface area contributed by atoms with Gasteiger partial charge in [0.05, 0.1) is 5.75 Å². The van der Waals surface area contributed by atoms with Crippen LogP contribution in [-0.4, -0.2) is 43.6 Å². The van der Waals surface area contributed by atoms with Crippen molar-refractivity contribution >= 4 is 15.7 Å². The molecule has 0 unspecified atom stereocenters. The van der Waals surface area contributed by atoms with E-state index in [1.807, 2.05) is 0 Å². The SMILES string of the molecule is CO[C@H]1C(=O)N2C=CCS(=O)(=O)[C@@H]12. The van der Waals surface area contributed by atoms with Crippen LogP contribution in [0.4, 0.5) is 0 Å². The van der Waals surface area contributed by atoms with Crippen LogP contribution in [0.5, 0.6) is 0 Å². The van der Waals surface area contributed by atoms with E-state index in [4.69, 9.17) is 4.74 Å². The minimum atomic E-state index is -3.22. The zero-order valence-corrected chi connectivity index (χ0v) is 7.82. The lowest BCUT2D eigenvalue weighted by molar-refractivity contribution is -0.157. The number of amides is 1. The van der Waals surface area contributed by atoms with E-state index in [0.29, 0.717) is 0 Å². The number of hydrogen-bond donors (Lipinski definition) is 0. The Morgan fingerprint density at radius 3 is 2.92 bits per heavy atom. The summed E-state index contributed by atoms with van der Waals surface area (Å²) in [5, 5.41) is -0.796. The van der Waals surface area contributed by atoms with Crippen LogP contribution in [0.3, 0.4) is 0 Å². The van der Waals surface area contributed by atoms with Crippen molar-refractivity contribution in [2.75, 3.05) is 12.9 Å². The number of carbonyl (C=O) groups is 1. The van der Waals surface area contributed by atoms with Gasteiger partial charge in [0, 0.05) is 13.3 Å². The number of fused-ring (bicyclic) bond motifs is 1. The molecule has 0 bridgehead atoms. The Labute approximate surface area is 75.9 Å². The molecular weight excluding hydrogens is 194 g/mol. The second kappa shape index (κ2) is 2.55. The molecule has 0 radical (unpaired) electrons. The van der Waals surface area contributed by atoms with E-state index in [2.05, 4.69) is 0 Å². The van der Waals surface area contributed by atoms with Crippen LogP contribution in [0.25, 0.3) is 0 Å². The number of methoxy groups -OCH3 is 1. The smallest absolute Gasteiger partial charge is 0.260 e. The molecule has 1 amide bonds. The van der Waals surface area contributed by atoms with Gasteiger partial charge in [-0.2, -0.15) is 0 Å². The first-order valence-electron chi connectivity index (χ1n) is 3.81. The Kier molecular flexibility index (Phi) is 1.71. The van der Waals surface area contributed by atoms with E-state index in [1.165, 1.54) is 24.3 Å². The van der Waals surface area contributed by atoms with Crippen molar-refractivity contribution < 1.29 is 17.9 Å². The summed E-state index contributed by atoms with van der Waals surface area (Å²) in [6.07, 6.45) is 2.16. The number of sulfone groups is 1. The van der Waals surface area contributed by atoms with Crippen LogP contribution in [0.1, 0.15) is 0 Å². The van der Waals surface area contributed by atoms with Gasteiger partial charge >= 0.3 is 0 Å². The van der Waals surface area contributed by atoms with Crippen LogP contribution in [-0.2, 0) is 19.4 Å². The Morgan fingerprint density at radius 1 is 1.62 bits per heavy atom. The molecule has 0 spiro atoms. The summed E-state index contributed by atoms with van der Waals surface area (Å²) in [5.74, 6) is -0.298. The second-order valence-corrected chi connectivity index (χ2v) is 5.15. The largest absolute Gasteiger partial charge is 0.368 e. The standard InChI is InChI=1S/C7H9NO4S/c1-12-5-6(9)8-3-2-4-13(10,11)7(5)8/h2-3,5,7H,4H2,1H3/t5-,7-/m0/s1. The van der Waals surface area contributed by atoms with Gasteiger partial charge in [0.15, 0.2) is 21.3 Å². The third-order valence-corrected chi connectivity index (χ3v) is 4.11. The molecule has 1 fully saturated rings. The lowest BCUT2D eigenvalue weighted by atomic mass is 10.1. The average molecular weight is 203 g/mol. The molecule has 0 saturated carbocycles. The maximum absolute atomic E-state index is 11.4. The van der Waals surface area contributed by atoms with Gasteiger partial charge in [-0.25, -0.2) is 8.42 Å². The molecule has 2 heterocycles. The van der Waals surface area contributed by atoms with E-state index in [1.54, 1.807) is 0 Å². The molecule has 2 rings (SSSR count). The van der Waals surface area contributed by atoms with Crippen LogP contribution < -0.4 is 0 Å². The fourth-order valence-electron chi connectivity index (χ4n) is 1.58. The van der Waals surface area contributed by atoms with E-state index in [9.17, 15) is 13.2 Å². The van der Waals surface area contributed by atoms with Gasteiger partial charge < -0.3 is 4.74 Å². The molecule has 1 saturated heterocycles. The molecule has 0 N–H and O–H groups in total. The third-order valence-electron chi connectivity index (χ3n) is 2.25. The van der Waals surface area contributed by atoms with Gasteiger partial charge in [-0.15, -0.1) is 0 Å². The highest BCUT2D eigenvalue weighted by atomic mass is 32.2. The molecule has 2 aliphatic rings. The van der Waals surface area contributed by atoms with Crippen molar-refractivity contribution in [2.24, 2.45) is 0 Å². The number of ether oxygens (including phenoxy) is 1. The summed E-state index contributed by atoms with van der Waals surface area (Å²) in [4.78, 5) is 12.4. The first-order valence-corrected chi connectivity index (χ1v) is 5.52. The quantitative estimate of drug-likeness (QED) is 0.519. The Bertz CT molecular complexity index is 372. The number of carbonyl (C=O) groups excluding carboxylic acids is 1. The van der Waals surface area contributed by atoms with Gasteiger partial charge in [0.1, 0.15) is 0 Å². The molecule has 13 heavy (non-hydrogen) atoms. The molecule has 72 valence electrons. The molecule has 6 heteroatoms. The van der Waals surface area contributed by atoms with E-state index in [0.717, 1.165) is 0 Å². The number of nitrogens with zero attached hydrogens (tertiary/aromatic N) is 1. The van der Waals surface area contributed by atoms with Gasteiger partial charge in [0.25, 0.3) is 5.91 Å². The Morgan fingerprint density at radius 2 is 2.31 bits per heavy atom. The Hall–Kier alpha value is -0.880. The van der Waals surface area contributed by atoms with Crippen molar-refractivity contribution in [1.29, 1.82) is 0 Å². The monoisotopic (exact) mass is 203 g/mol. The molecule has 0 aromatic heterocycles. The lowest BCUT2D eigenvalue weighted by Crippen LogP contribution is -2.67. The average Bonchev–Trinajstić information content (AvgIpc) is 2.06. The minimum absolute atomic E-state index is 0.0126. The molecule has 2 aliphatic heterocycles. The maximum atomic E-state index is 11.4. The van der Waals surface area contributed by atoms with Crippen LogP contribution in [0.15, 0.2) is 12.3 Å². The van der Waals surface area contributed by atoms with E-state index in [-0.39, 0.29) is 11.7 Å². The molecule has 0 aliphatic carbocycles. The van der Waals surface area contributed by atoms with Gasteiger partial charge in [-0.05, 0) is 0 Å². The first-order chi connectivity index (χ1) is 6.08. The van der Waals surface area contributed by atoms with Crippen molar-refractivity contribution in [2.45, 2.75) is 11.5 Å². The molecular formula is C7H9NO4S. The molecule has 5 nitrogen and oxygen atoms in total. The third kappa shape index (κ3) is 1.02. The Balaban J connectivity index is 2.37. The lowest BCUT2D eigenvalue weighted by Gasteiger charge is -2.44. The van der Waals surface area contributed by atoms with Gasteiger partial charge in [-0.1, -0.05) is 6.08 Å². The topological polar surface area (TPSA) is 63.7 Å². The molecule has 0 aromatic carbocycles. The zero-order valence-electron chi connectivity index (χ0n) is 7.00. The highest BCUT2D eigenvalue weighted by molar-refractivity contribution is 7.92. The highest BCUT2D eigenvalue weighted by Crippen LogP contribution is 2.30. The highest BCUT2D eigenvalue weighted by Gasteiger charge is 2.55. The van der Waals surface area contributed by atoms with Crippen molar-refractivity contribution in [3.05, 3.63) is 12.3 Å². The predicted octanol–water partition coefficient (Wildman–Crippen LogP) is -0.888. The van der Waals surface area contributed by atoms with Crippen LogP contribution >= 0.6 is 0 Å². The second-order valence-electron chi connectivity index (χ2n) is 3.01. The summed E-state index contributed by atoms with van der Waals surface area (Å²) in [5.41, 5.74) is 0.